The van der Waals surface area contributed by atoms with Crippen molar-refractivity contribution in [1.29, 1.82) is 0 Å². The monoisotopic (exact) mass is 316 g/mol. The van der Waals surface area contributed by atoms with Crippen molar-refractivity contribution in [1.82, 2.24) is 9.80 Å². The van der Waals surface area contributed by atoms with Crippen LogP contribution in [0.15, 0.2) is 0 Å². The zero-order valence-electron chi connectivity index (χ0n) is 13.1. The summed E-state index contributed by atoms with van der Waals surface area (Å²) in [5, 5.41) is 0. The predicted molar refractivity (Wildman–Crippen MR) is 81.4 cm³/mol. The highest BCUT2D eigenvalue weighted by molar-refractivity contribution is 6.18. The minimum atomic E-state index is -0.466. The second kappa shape index (κ2) is 6.42. The number of rotatable bonds is 2. The van der Waals surface area contributed by atoms with Gasteiger partial charge in [-0.15, -0.1) is 11.6 Å². The first-order chi connectivity index (χ1) is 9.80. The van der Waals surface area contributed by atoms with E-state index in [9.17, 15) is 9.59 Å². The summed E-state index contributed by atoms with van der Waals surface area (Å²) in [6, 6.07) is 0.240. The van der Waals surface area contributed by atoms with Crippen molar-refractivity contribution in [3.05, 3.63) is 0 Å². The fraction of sp³-hybridized carbons (Fsp3) is 0.867. The Morgan fingerprint density at radius 1 is 1.33 bits per heavy atom. The standard InChI is InChI=1S/C15H25ClN2O3/c1-15(2,3)21-14(20)17-6-4-12(5-7-17)18-10-11(9-16)8-13(18)19/h11-12H,4-10H2,1-3H3. The second-order valence-corrected chi connectivity index (χ2v) is 7.28. The Bertz CT molecular complexity index is 400. The van der Waals surface area contributed by atoms with E-state index in [0.29, 0.717) is 25.4 Å². The number of amides is 2. The smallest absolute Gasteiger partial charge is 0.410 e. The predicted octanol–water partition coefficient (Wildman–Crippen LogP) is 2.47. The Kier molecular flexibility index (Phi) is 5.02. The van der Waals surface area contributed by atoms with Crippen LogP contribution in [0.1, 0.15) is 40.0 Å². The van der Waals surface area contributed by atoms with Gasteiger partial charge in [0.05, 0.1) is 0 Å². The van der Waals surface area contributed by atoms with E-state index in [-0.39, 0.29) is 24.0 Å². The zero-order chi connectivity index (χ0) is 15.6. The van der Waals surface area contributed by atoms with Gasteiger partial charge in [-0.3, -0.25) is 4.79 Å². The van der Waals surface area contributed by atoms with Gasteiger partial charge in [0.2, 0.25) is 5.91 Å². The van der Waals surface area contributed by atoms with Gasteiger partial charge in [-0.2, -0.15) is 0 Å². The van der Waals surface area contributed by atoms with Gasteiger partial charge in [-0.1, -0.05) is 0 Å². The van der Waals surface area contributed by atoms with Crippen LogP contribution in [0.25, 0.3) is 0 Å². The largest absolute Gasteiger partial charge is 0.444 e. The molecule has 0 bridgehead atoms. The fourth-order valence-corrected chi connectivity index (χ4v) is 3.16. The molecule has 2 aliphatic heterocycles. The minimum Gasteiger partial charge on any atom is -0.444 e. The summed E-state index contributed by atoms with van der Waals surface area (Å²) in [6.45, 7) is 7.66. The molecule has 2 aliphatic rings. The van der Waals surface area contributed by atoms with E-state index in [0.717, 1.165) is 19.4 Å². The van der Waals surface area contributed by atoms with Crippen LogP contribution in [-0.4, -0.2) is 59.0 Å². The highest BCUT2D eigenvalue weighted by Crippen LogP contribution is 2.26. The van der Waals surface area contributed by atoms with Crippen LogP contribution in [0.4, 0.5) is 4.79 Å². The van der Waals surface area contributed by atoms with E-state index in [1.807, 2.05) is 25.7 Å². The molecule has 2 saturated heterocycles. The molecule has 0 aliphatic carbocycles. The molecule has 0 aromatic carbocycles. The lowest BCUT2D eigenvalue weighted by molar-refractivity contribution is -0.130. The lowest BCUT2D eigenvalue weighted by Gasteiger charge is -2.37. The molecule has 1 atom stereocenters. The van der Waals surface area contributed by atoms with Crippen LogP contribution in [0.5, 0.6) is 0 Å². The maximum Gasteiger partial charge on any atom is 0.410 e. The van der Waals surface area contributed by atoms with Crippen molar-refractivity contribution in [3.63, 3.8) is 0 Å². The molecule has 2 amide bonds. The van der Waals surface area contributed by atoms with Gasteiger partial charge in [-0.25, -0.2) is 4.79 Å². The van der Waals surface area contributed by atoms with Crippen molar-refractivity contribution in [2.45, 2.75) is 51.7 Å². The molecule has 2 rings (SSSR count). The third kappa shape index (κ3) is 4.25. The van der Waals surface area contributed by atoms with Crippen molar-refractivity contribution < 1.29 is 14.3 Å². The first kappa shape index (κ1) is 16.4. The molecule has 2 heterocycles. The number of piperidine rings is 1. The summed E-state index contributed by atoms with van der Waals surface area (Å²) >= 11 is 5.86. The Hall–Kier alpha value is -0.970. The Morgan fingerprint density at radius 2 is 1.95 bits per heavy atom. The summed E-state index contributed by atoms with van der Waals surface area (Å²) in [4.78, 5) is 27.7. The molecular weight excluding hydrogens is 292 g/mol. The number of carbonyl (C=O) groups is 2. The Morgan fingerprint density at radius 3 is 2.43 bits per heavy atom. The molecule has 5 nitrogen and oxygen atoms in total. The Labute approximate surface area is 131 Å². The number of nitrogens with zero attached hydrogens (tertiary/aromatic N) is 2. The van der Waals surface area contributed by atoms with Crippen molar-refractivity contribution in [2.24, 2.45) is 5.92 Å². The maximum absolute atomic E-state index is 12.0. The third-order valence-electron chi connectivity index (χ3n) is 4.01. The quantitative estimate of drug-likeness (QED) is 0.735. The van der Waals surface area contributed by atoms with E-state index in [2.05, 4.69) is 0 Å². The van der Waals surface area contributed by atoms with Gasteiger partial charge in [-0.05, 0) is 39.5 Å². The average Bonchev–Trinajstić information content (AvgIpc) is 2.78. The molecule has 0 aromatic heterocycles. The van der Waals surface area contributed by atoms with Crippen LogP contribution in [0, 0.1) is 5.92 Å². The van der Waals surface area contributed by atoms with E-state index in [4.69, 9.17) is 16.3 Å². The van der Waals surface area contributed by atoms with E-state index in [1.54, 1.807) is 4.90 Å². The molecule has 2 fully saturated rings. The first-order valence-electron chi connectivity index (χ1n) is 7.63. The molecule has 0 N–H and O–H groups in total. The summed E-state index contributed by atoms with van der Waals surface area (Å²) in [7, 11) is 0. The van der Waals surface area contributed by atoms with Crippen LogP contribution in [0.2, 0.25) is 0 Å². The topological polar surface area (TPSA) is 49.9 Å². The van der Waals surface area contributed by atoms with Gasteiger partial charge in [0.15, 0.2) is 0 Å². The number of likely N-dealkylation sites (tertiary alicyclic amines) is 2. The van der Waals surface area contributed by atoms with Gasteiger partial charge in [0.1, 0.15) is 5.60 Å². The highest BCUT2D eigenvalue weighted by atomic mass is 35.5. The third-order valence-corrected chi connectivity index (χ3v) is 4.45. The molecule has 0 saturated carbocycles. The molecule has 1 unspecified atom stereocenters. The Balaban J connectivity index is 1.83. The number of ether oxygens (including phenoxy) is 1. The molecule has 120 valence electrons. The fourth-order valence-electron chi connectivity index (χ4n) is 2.95. The average molecular weight is 317 g/mol. The van der Waals surface area contributed by atoms with Crippen molar-refractivity contribution >= 4 is 23.6 Å². The van der Waals surface area contributed by atoms with Crippen LogP contribution >= 0.6 is 11.6 Å². The SMILES string of the molecule is CC(C)(C)OC(=O)N1CCC(N2CC(CCl)CC2=O)CC1. The van der Waals surface area contributed by atoms with Crippen LogP contribution < -0.4 is 0 Å². The summed E-state index contributed by atoms with van der Waals surface area (Å²) < 4.78 is 5.38. The summed E-state index contributed by atoms with van der Waals surface area (Å²) in [6.07, 6.45) is 1.95. The van der Waals surface area contributed by atoms with Gasteiger partial charge in [0.25, 0.3) is 0 Å². The zero-order valence-corrected chi connectivity index (χ0v) is 13.9. The van der Waals surface area contributed by atoms with Crippen LogP contribution in [-0.2, 0) is 9.53 Å². The van der Waals surface area contributed by atoms with Crippen molar-refractivity contribution in [2.75, 3.05) is 25.5 Å². The molecule has 0 aromatic rings. The lowest BCUT2D eigenvalue weighted by Crippen LogP contribution is -2.48. The number of hydrogen-bond acceptors (Lipinski definition) is 3. The van der Waals surface area contributed by atoms with E-state index in [1.165, 1.54) is 0 Å². The van der Waals surface area contributed by atoms with Crippen LogP contribution in [0.3, 0.4) is 0 Å². The number of hydrogen-bond donors (Lipinski definition) is 0. The van der Waals surface area contributed by atoms with Gasteiger partial charge < -0.3 is 14.5 Å². The van der Waals surface area contributed by atoms with E-state index < -0.39 is 5.60 Å². The first-order valence-corrected chi connectivity index (χ1v) is 8.17. The molecule has 0 radical (unpaired) electrons. The molecule has 21 heavy (non-hydrogen) atoms. The molecular formula is C15H25ClN2O3. The second-order valence-electron chi connectivity index (χ2n) is 6.97. The van der Waals surface area contributed by atoms with Crippen molar-refractivity contribution in [3.8, 4) is 0 Å². The summed E-state index contributed by atoms with van der Waals surface area (Å²) in [5.74, 6) is 1.03. The molecule has 0 spiro atoms. The number of halogens is 1. The normalized spacial score (nSPS) is 24.6. The lowest BCUT2D eigenvalue weighted by atomic mass is 10.0. The van der Waals surface area contributed by atoms with Gasteiger partial charge in [0, 0.05) is 38.0 Å². The number of alkyl halides is 1. The highest BCUT2D eigenvalue weighted by Gasteiger charge is 2.36. The van der Waals surface area contributed by atoms with E-state index >= 15 is 0 Å². The number of carbonyl (C=O) groups excluding carboxylic acids is 2. The maximum atomic E-state index is 12.0. The molecule has 6 heteroatoms. The van der Waals surface area contributed by atoms with Gasteiger partial charge >= 0.3 is 6.09 Å². The summed E-state index contributed by atoms with van der Waals surface area (Å²) in [5.41, 5.74) is -0.466. The minimum absolute atomic E-state index is 0.205.